The second-order valence-electron chi connectivity index (χ2n) is 4.80. The van der Waals surface area contributed by atoms with Gasteiger partial charge in [-0.2, -0.15) is 0 Å². The zero-order chi connectivity index (χ0) is 14.8. The summed E-state index contributed by atoms with van der Waals surface area (Å²) in [5.74, 6) is 0. The van der Waals surface area contributed by atoms with Crippen molar-refractivity contribution >= 4 is 13.7 Å². The maximum atomic E-state index is 10.6. The summed E-state index contributed by atoms with van der Waals surface area (Å²) in [5, 5.41) is 0. The van der Waals surface area contributed by atoms with E-state index in [1.54, 1.807) is 0 Å². The molecule has 112 valence electrons. The van der Waals surface area contributed by atoms with Crippen LogP contribution in [0.1, 0.15) is 36.8 Å². The number of hydrogen-bond donors (Lipinski definition) is 2. The van der Waals surface area contributed by atoms with Crippen molar-refractivity contribution in [3.05, 3.63) is 42.0 Å². The zero-order valence-electron chi connectivity index (χ0n) is 11.7. The summed E-state index contributed by atoms with van der Waals surface area (Å²) in [4.78, 5) is 17.4. The molecule has 0 atom stereocenters. The minimum atomic E-state index is -3.81. The van der Waals surface area contributed by atoms with E-state index in [0.717, 1.165) is 30.4 Å². The van der Waals surface area contributed by atoms with Gasteiger partial charge in [0.15, 0.2) is 0 Å². The fraction of sp³-hybridized carbons (Fsp3) is 0.467. The van der Waals surface area contributed by atoms with Gasteiger partial charge in [-0.15, -0.1) is 0 Å². The van der Waals surface area contributed by atoms with Crippen LogP contribution in [0.2, 0.25) is 0 Å². The molecule has 5 heteroatoms. The van der Waals surface area contributed by atoms with Gasteiger partial charge in [0.25, 0.3) is 0 Å². The number of ether oxygens (including phenoxy) is 1. The minimum absolute atomic E-state index is 0.0104. The van der Waals surface area contributed by atoms with Crippen LogP contribution < -0.4 is 0 Å². The Kier molecular flexibility index (Phi) is 7.78. The molecule has 0 aliphatic rings. The van der Waals surface area contributed by atoms with E-state index in [-0.39, 0.29) is 6.16 Å². The third kappa shape index (κ3) is 8.28. The highest BCUT2D eigenvalue weighted by Gasteiger charge is 2.10. The van der Waals surface area contributed by atoms with E-state index in [2.05, 4.69) is 6.58 Å². The summed E-state index contributed by atoms with van der Waals surface area (Å²) in [6.45, 7) is 4.98. The van der Waals surface area contributed by atoms with Crippen molar-refractivity contribution in [2.75, 3.05) is 12.8 Å². The molecular weight excluding hydrogens is 275 g/mol. The highest BCUT2D eigenvalue weighted by molar-refractivity contribution is 7.51. The fourth-order valence-electron chi connectivity index (χ4n) is 1.82. The summed E-state index contributed by atoms with van der Waals surface area (Å²) in [6, 6.07) is 8.07. The van der Waals surface area contributed by atoms with E-state index in [0.29, 0.717) is 19.6 Å². The van der Waals surface area contributed by atoms with Crippen molar-refractivity contribution < 1.29 is 19.1 Å². The van der Waals surface area contributed by atoms with Crippen molar-refractivity contribution in [3.8, 4) is 0 Å². The van der Waals surface area contributed by atoms with Crippen molar-refractivity contribution in [2.24, 2.45) is 0 Å². The van der Waals surface area contributed by atoms with E-state index in [9.17, 15) is 4.57 Å². The van der Waals surface area contributed by atoms with Crippen molar-refractivity contribution in [1.82, 2.24) is 0 Å². The maximum absolute atomic E-state index is 10.6. The van der Waals surface area contributed by atoms with E-state index in [1.165, 1.54) is 0 Å². The molecule has 0 aromatic heterocycles. The number of benzene rings is 1. The first-order valence-electron chi connectivity index (χ1n) is 6.85. The lowest BCUT2D eigenvalue weighted by atomic mass is 10.1. The standard InChI is InChI=1S/C15H23O4P/c1-2-14-7-9-15(10-8-14)13-19-11-5-3-4-6-12-20(16,17)18/h2,7-10H,1,3-6,11-13H2,(H2,16,17,18). The van der Waals surface area contributed by atoms with Crippen LogP contribution in [0.25, 0.3) is 6.08 Å². The van der Waals surface area contributed by atoms with Gasteiger partial charge in [0.1, 0.15) is 0 Å². The third-order valence-corrected chi connectivity index (χ3v) is 3.87. The van der Waals surface area contributed by atoms with E-state index >= 15 is 0 Å². The summed E-state index contributed by atoms with van der Waals surface area (Å²) in [7, 11) is -3.81. The highest BCUT2D eigenvalue weighted by atomic mass is 31.2. The molecule has 4 nitrogen and oxygen atoms in total. The maximum Gasteiger partial charge on any atom is 0.325 e. The lowest BCUT2D eigenvalue weighted by molar-refractivity contribution is 0.117. The van der Waals surface area contributed by atoms with Crippen LogP contribution in [-0.2, 0) is 15.9 Å². The predicted molar refractivity (Wildman–Crippen MR) is 81.6 cm³/mol. The first-order valence-corrected chi connectivity index (χ1v) is 8.65. The number of hydrogen-bond acceptors (Lipinski definition) is 2. The van der Waals surface area contributed by atoms with E-state index in [1.807, 2.05) is 30.3 Å². The molecular formula is C15H23O4P. The summed E-state index contributed by atoms with van der Waals surface area (Å²) in [6.07, 6.45) is 5.07. The van der Waals surface area contributed by atoms with Crippen LogP contribution in [0.3, 0.4) is 0 Å². The molecule has 2 N–H and O–H groups in total. The van der Waals surface area contributed by atoms with E-state index < -0.39 is 7.60 Å². The molecule has 0 aliphatic carbocycles. The summed E-state index contributed by atoms with van der Waals surface area (Å²) < 4.78 is 16.2. The Hall–Kier alpha value is -0.930. The molecule has 1 rings (SSSR count). The third-order valence-electron chi connectivity index (χ3n) is 2.97. The van der Waals surface area contributed by atoms with Crippen LogP contribution in [0.15, 0.2) is 30.8 Å². The Labute approximate surface area is 120 Å². The van der Waals surface area contributed by atoms with Crippen LogP contribution in [0.4, 0.5) is 0 Å². The van der Waals surface area contributed by atoms with Gasteiger partial charge in [-0.25, -0.2) is 0 Å². The average molecular weight is 298 g/mol. The van der Waals surface area contributed by atoms with Crippen LogP contribution in [0, 0.1) is 0 Å². The molecule has 0 unspecified atom stereocenters. The Balaban J connectivity index is 2.01. The van der Waals surface area contributed by atoms with Crippen molar-refractivity contribution in [3.63, 3.8) is 0 Å². The monoisotopic (exact) mass is 298 g/mol. The van der Waals surface area contributed by atoms with Crippen molar-refractivity contribution in [1.29, 1.82) is 0 Å². The van der Waals surface area contributed by atoms with Crippen molar-refractivity contribution in [2.45, 2.75) is 32.3 Å². The molecule has 20 heavy (non-hydrogen) atoms. The number of unbranched alkanes of at least 4 members (excludes halogenated alkanes) is 3. The molecule has 0 aliphatic heterocycles. The van der Waals surface area contributed by atoms with Gasteiger partial charge in [0, 0.05) is 12.8 Å². The molecule has 0 heterocycles. The normalized spacial score (nSPS) is 11.5. The van der Waals surface area contributed by atoms with Crippen LogP contribution in [0.5, 0.6) is 0 Å². The van der Waals surface area contributed by atoms with Crippen LogP contribution in [-0.4, -0.2) is 22.6 Å². The minimum Gasteiger partial charge on any atom is -0.377 e. The second-order valence-corrected chi connectivity index (χ2v) is 6.58. The Morgan fingerprint density at radius 2 is 1.75 bits per heavy atom. The Bertz CT molecular complexity index is 436. The fourth-order valence-corrected chi connectivity index (χ4v) is 2.45. The first kappa shape index (κ1) is 17.1. The quantitative estimate of drug-likeness (QED) is 0.512. The molecule has 0 saturated carbocycles. The second kappa shape index (κ2) is 9.09. The number of rotatable bonds is 10. The van der Waals surface area contributed by atoms with Gasteiger partial charge in [-0.05, 0) is 24.0 Å². The highest BCUT2D eigenvalue weighted by Crippen LogP contribution is 2.35. The van der Waals surface area contributed by atoms with Gasteiger partial charge >= 0.3 is 7.60 Å². The molecule has 0 radical (unpaired) electrons. The molecule has 1 aromatic rings. The summed E-state index contributed by atoms with van der Waals surface area (Å²) >= 11 is 0. The van der Waals surface area contributed by atoms with Crippen LogP contribution >= 0.6 is 7.60 Å². The Morgan fingerprint density at radius 3 is 2.35 bits per heavy atom. The van der Waals surface area contributed by atoms with Gasteiger partial charge < -0.3 is 14.5 Å². The molecule has 0 bridgehead atoms. The molecule has 0 amide bonds. The van der Waals surface area contributed by atoms with Gasteiger partial charge in [0.2, 0.25) is 0 Å². The molecule has 0 fully saturated rings. The Morgan fingerprint density at radius 1 is 1.10 bits per heavy atom. The van der Waals surface area contributed by atoms with E-state index in [4.69, 9.17) is 14.5 Å². The van der Waals surface area contributed by atoms with Gasteiger partial charge in [-0.3, -0.25) is 4.57 Å². The SMILES string of the molecule is C=Cc1ccc(COCCCCCCP(=O)(O)O)cc1. The van der Waals surface area contributed by atoms with Gasteiger partial charge in [-0.1, -0.05) is 49.8 Å². The lowest BCUT2D eigenvalue weighted by Gasteiger charge is -2.06. The molecule has 0 saturated heterocycles. The molecule has 1 aromatic carbocycles. The largest absolute Gasteiger partial charge is 0.377 e. The topological polar surface area (TPSA) is 66.8 Å². The first-order chi connectivity index (χ1) is 9.51. The predicted octanol–water partition coefficient (Wildman–Crippen LogP) is 3.58. The van der Waals surface area contributed by atoms with Gasteiger partial charge in [0.05, 0.1) is 6.61 Å². The average Bonchev–Trinajstić information content (AvgIpc) is 2.41. The zero-order valence-corrected chi connectivity index (χ0v) is 12.6. The summed E-state index contributed by atoms with van der Waals surface area (Å²) in [5.41, 5.74) is 2.23. The lowest BCUT2D eigenvalue weighted by Crippen LogP contribution is -1.96. The smallest absolute Gasteiger partial charge is 0.325 e. The molecule has 0 spiro atoms.